The number of carbonyl (C=O) groups excluding carboxylic acids is 2. The quantitative estimate of drug-likeness (QED) is 0.770. The van der Waals surface area contributed by atoms with Gasteiger partial charge in [-0.05, 0) is 18.6 Å². The fourth-order valence-corrected chi connectivity index (χ4v) is 1.09. The van der Waals surface area contributed by atoms with Crippen molar-refractivity contribution < 1.29 is 18.7 Å². The van der Waals surface area contributed by atoms with Crippen molar-refractivity contribution in [2.75, 3.05) is 0 Å². The minimum atomic E-state index is -1.00. The van der Waals surface area contributed by atoms with Crippen molar-refractivity contribution in [2.45, 2.75) is 19.4 Å². The number of halogens is 1. The minimum absolute atomic E-state index is 0.218. The van der Waals surface area contributed by atoms with Crippen LogP contribution in [0.4, 0.5) is 4.39 Å². The molecule has 16 heavy (non-hydrogen) atoms. The maximum absolute atomic E-state index is 13.1. The average Bonchev–Trinajstić information content (AvgIpc) is 2.21. The molecule has 0 saturated carbocycles. The zero-order valence-electron chi connectivity index (χ0n) is 8.77. The molecular weight excluding hydrogens is 213 g/mol. The summed E-state index contributed by atoms with van der Waals surface area (Å²) in [6, 6.07) is 5.87. The van der Waals surface area contributed by atoms with Gasteiger partial charge >= 0.3 is 5.97 Å². The molecule has 0 radical (unpaired) electrons. The Balaban J connectivity index is 2.59. The van der Waals surface area contributed by atoms with Gasteiger partial charge in [0.15, 0.2) is 6.10 Å². The molecule has 1 rings (SSSR count). The lowest BCUT2D eigenvalue weighted by molar-refractivity contribution is -0.153. The van der Waals surface area contributed by atoms with Crippen LogP contribution in [0.1, 0.15) is 12.5 Å². The Bertz CT molecular complexity index is 406. The first-order valence-electron chi connectivity index (χ1n) is 4.73. The highest BCUT2D eigenvalue weighted by Crippen LogP contribution is 2.08. The Morgan fingerprint density at radius 2 is 2.06 bits per heavy atom. The average molecular weight is 225 g/mol. The number of nitrogens with two attached hydrogens (primary N) is 1. The molecule has 86 valence electrons. The van der Waals surface area contributed by atoms with E-state index in [1.807, 2.05) is 0 Å². The van der Waals surface area contributed by atoms with Crippen LogP contribution in [0.3, 0.4) is 0 Å². The molecule has 0 spiro atoms. The molecule has 0 bridgehead atoms. The molecule has 0 aromatic heterocycles. The van der Waals surface area contributed by atoms with Crippen LogP contribution in [-0.4, -0.2) is 18.0 Å². The van der Waals surface area contributed by atoms with Crippen molar-refractivity contribution in [3.8, 4) is 0 Å². The number of benzene rings is 1. The third-order valence-electron chi connectivity index (χ3n) is 2.00. The lowest BCUT2D eigenvalue weighted by Crippen LogP contribution is -2.31. The van der Waals surface area contributed by atoms with Crippen molar-refractivity contribution in [3.63, 3.8) is 0 Å². The second-order valence-electron chi connectivity index (χ2n) is 3.30. The van der Waals surface area contributed by atoms with E-state index < -0.39 is 23.8 Å². The van der Waals surface area contributed by atoms with E-state index in [1.165, 1.54) is 25.1 Å². The van der Waals surface area contributed by atoms with E-state index in [9.17, 15) is 14.0 Å². The van der Waals surface area contributed by atoms with E-state index in [-0.39, 0.29) is 12.0 Å². The largest absolute Gasteiger partial charge is 0.452 e. The molecule has 0 aliphatic carbocycles. The second kappa shape index (κ2) is 5.25. The number of carbonyl (C=O) groups is 2. The molecule has 0 unspecified atom stereocenters. The summed E-state index contributed by atoms with van der Waals surface area (Å²) in [7, 11) is 0. The first-order valence-corrected chi connectivity index (χ1v) is 4.73. The molecule has 0 saturated heterocycles. The molecular formula is C11H12FNO3. The first kappa shape index (κ1) is 12.2. The van der Waals surface area contributed by atoms with Gasteiger partial charge in [-0.15, -0.1) is 0 Å². The lowest BCUT2D eigenvalue weighted by atomic mass is 10.1. The fraction of sp³-hybridized carbons (Fsp3) is 0.273. The summed E-state index contributed by atoms with van der Waals surface area (Å²) < 4.78 is 17.8. The Hall–Kier alpha value is -1.91. The van der Waals surface area contributed by atoms with E-state index in [0.29, 0.717) is 0 Å². The van der Waals surface area contributed by atoms with Gasteiger partial charge in [-0.3, -0.25) is 9.59 Å². The number of hydrogen-bond donors (Lipinski definition) is 1. The smallest absolute Gasteiger partial charge is 0.311 e. The maximum Gasteiger partial charge on any atom is 0.311 e. The van der Waals surface area contributed by atoms with E-state index in [0.717, 1.165) is 0 Å². The van der Waals surface area contributed by atoms with Crippen LogP contribution >= 0.6 is 0 Å². The lowest BCUT2D eigenvalue weighted by Gasteiger charge is -2.09. The molecule has 4 nitrogen and oxygen atoms in total. The van der Waals surface area contributed by atoms with Crippen molar-refractivity contribution in [1.82, 2.24) is 0 Å². The molecule has 0 aliphatic heterocycles. The van der Waals surface area contributed by atoms with E-state index in [1.54, 1.807) is 6.07 Å². The highest BCUT2D eigenvalue weighted by Gasteiger charge is 2.15. The summed E-state index contributed by atoms with van der Waals surface area (Å²) in [5, 5.41) is 0. The van der Waals surface area contributed by atoms with Gasteiger partial charge in [0.1, 0.15) is 5.82 Å². The second-order valence-corrected chi connectivity index (χ2v) is 3.30. The zero-order valence-corrected chi connectivity index (χ0v) is 8.77. The number of hydrogen-bond acceptors (Lipinski definition) is 3. The molecule has 1 aromatic rings. The van der Waals surface area contributed by atoms with Crippen molar-refractivity contribution in [3.05, 3.63) is 35.6 Å². The molecule has 1 amide bonds. The van der Waals surface area contributed by atoms with Crippen LogP contribution in [-0.2, 0) is 20.7 Å². The number of amides is 1. The normalized spacial score (nSPS) is 11.9. The van der Waals surface area contributed by atoms with Crippen molar-refractivity contribution in [1.29, 1.82) is 0 Å². The van der Waals surface area contributed by atoms with Crippen molar-refractivity contribution >= 4 is 11.9 Å². The number of primary amides is 1. The topological polar surface area (TPSA) is 69.4 Å². The minimum Gasteiger partial charge on any atom is -0.452 e. The van der Waals surface area contributed by atoms with Crippen LogP contribution in [0.25, 0.3) is 0 Å². The number of esters is 1. The zero-order chi connectivity index (χ0) is 12.1. The summed E-state index contributed by atoms with van der Waals surface area (Å²) >= 11 is 0. The van der Waals surface area contributed by atoms with Gasteiger partial charge in [-0.25, -0.2) is 4.39 Å². The Morgan fingerprint density at radius 1 is 1.44 bits per heavy atom. The highest BCUT2D eigenvalue weighted by atomic mass is 19.1. The monoisotopic (exact) mass is 225 g/mol. The summed E-state index contributed by atoms with van der Waals surface area (Å²) in [5.74, 6) is -1.90. The summed E-state index contributed by atoms with van der Waals surface area (Å²) in [6.45, 7) is 1.36. The van der Waals surface area contributed by atoms with Crippen molar-refractivity contribution in [2.24, 2.45) is 5.73 Å². The van der Waals surface area contributed by atoms with Gasteiger partial charge in [0.25, 0.3) is 5.91 Å². The van der Waals surface area contributed by atoms with Crippen LogP contribution in [0.2, 0.25) is 0 Å². The molecule has 0 heterocycles. The van der Waals surface area contributed by atoms with Gasteiger partial charge < -0.3 is 10.5 Å². The molecule has 2 N–H and O–H groups in total. The van der Waals surface area contributed by atoms with E-state index in [4.69, 9.17) is 10.5 Å². The Kier molecular flexibility index (Phi) is 3.99. The molecule has 0 aliphatic rings. The predicted molar refractivity (Wildman–Crippen MR) is 54.9 cm³/mol. The first-order chi connectivity index (χ1) is 7.50. The van der Waals surface area contributed by atoms with Crippen LogP contribution in [0.15, 0.2) is 24.3 Å². The SMILES string of the molecule is C[C@@H](OC(=O)Cc1ccccc1F)C(N)=O. The molecule has 5 heteroatoms. The van der Waals surface area contributed by atoms with Crippen LogP contribution < -0.4 is 5.73 Å². The summed E-state index contributed by atoms with van der Waals surface area (Å²) in [4.78, 5) is 21.9. The van der Waals surface area contributed by atoms with Gasteiger partial charge in [0.2, 0.25) is 0 Å². The third kappa shape index (κ3) is 3.34. The van der Waals surface area contributed by atoms with Gasteiger partial charge in [-0.1, -0.05) is 18.2 Å². The Labute approximate surface area is 92.2 Å². The van der Waals surface area contributed by atoms with E-state index >= 15 is 0 Å². The van der Waals surface area contributed by atoms with Crippen LogP contribution in [0, 0.1) is 5.82 Å². The van der Waals surface area contributed by atoms with Crippen LogP contribution in [0.5, 0.6) is 0 Å². The number of ether oxygens (including phenoxy) is 1. The standard InChI is InChI=1S/C11H12FNO3/c1-7(11(13)15)16-10(14)6-8-4-2-3-5-9(8)12/h2-5,7H,6H2,1H3,(H2,13,15)/t7-/m1/s1. The summed E-state index contributed by atoms with van der Waals surface area (Å²) in [5.41, 5.74) is 5.14. The molecule has 1 aromatic carbocycles. The highest BCUT2D eigenvalue weighted by molar-refractivity contribution is 5.82. The summed E-state index contributed by atoms with van der Waals surface area (Å²) in [6.07, 6.45) is -1.22. The van der Waals surface area contributed by atoms with Gasteiger partial charge in [0.05, 0.1) is 6.42 Å². The maximum atomic E-state index is 13.1. The van der Waals surface area contributed by atoms with Gasteiger partial charge in [-0.2, -0.15) is 0 Å². The third-order valence-corrected chi connectivity index (χ3v) is 2.00. The van der Waals surface area contributed by atoms with E-state index in [2.05, 4.69) is 0 Å². The predicted octanol–water partition coefficient (Wildman–Crippen LogP) is 0.785. The molecule has 1 atom stereocenters. The van der Waals surface area contributed by atoms with Gasteiger partial charge in [0, 0.05) is 0 Å². The fourth-order valence-electron chi connectivity index (χ4n) is 1.09. The molecule has 0 fully saturated rings. The Morgan fingerprint density at radius 3 is 2.62 bits per heavy atom. The number of rotatable bonds is 4.